The van der Waals surface area contributed by atoms with Crippen LogP contribution in [0.25, 0.3) is 17.2 Å². The van der Waals surface area contributed by atoms with E-state index >= 15 is 0 Å². The van der Waals surface area contributed by atoms with Gasteiger partial charge < -0.3 is 9.47 Å². The first-order valence-corrected chi connectivity index (χ1v) is 10.6. The van der Waals surface area contributed by atoms with Crippen LogP contribution in [0, 0.1) is 6.92 Å². The minimum Gasteiger partial charge on any atom is -0.477 e. The number of Topliss-reactive ketones (excluding diaryl/α,β-unsaturated/α-hetero) is 1. The maximum atomic E-state index is 13.1. The Morgan fingerprint density at radius 3 is 2.39 bits per heavy atom. The van der Waals surface area contributed by atoms with Crippen LogP contribution in [0.15, 0.2) is 66.4 Å². The highest BCUT2D eigenvalue weighted by molar-refractivity contribution is 6.15. The van der Waals surface area contributed by atoms with Gasteiger partial charge in [-0.3, -0.25) is 9.69 Å². The summed E-state index contributed by atoms with van der Waals surface area (Å²) in [6.45, 7) is 7.58. The van der Waals surface area contributed by atoms with Crippen molar-refractivity contribution in [1.29, 1.82) is 0 Å². The molecule has 5 rings (SSSR count). The van der Waals surface area contributed by atoms with E-state index in [4.69, 9.17) is 9.47 Å². The highest BCUT2D eigenvalue weighted by Gasteiger charge is 2.33. The van der Waals surface area contributed by atoms with Crippen molar-refractivity contribution in [3.63, 3.8) is 0 Å². The average molecular weight is 412 g/mol. The zero-order chi connectivity index (χ0) is 21.5. The van der Waals surface area contributed by atoms with Gasteiger partial charge in [0.1, 0.15) is 18.2 Å². The van der Waals surface area contributed by atoms with Crippen LogP contribution in [-0.2, 0) is 6.54 Å². The first kappa shape index (κ1) is 19.6. The van der Waals surface area contributed by atoms with E-state index in [0.29, 0.717) is 29.8 Å². The Bertz CT molecular complexity index is 1180. The average Bonchev–Trinajstić information content (AvgIpc) is 3.10. The number of hydrogen-bond acceptors (Lipinski definition) is 4. The van der Waals surface area contributed by atoms with Crippen molar-refractivity contribution in [2.45, 2.75) is 33.4 Å². The highest BCUT2D eigenvalue weighted by atomic mass is 16.5. The second-order valence-corrected chi connectivity index (χ2v) is 8.41. The van der Waals surface area contributed by atoms with E-state index in [1.807, 2.05) is 49.4 Å². The zero-order valence-electron chi connectivity index (χ0n) is 18.0. The van der Waals surface area contributed by atoms with Gasteiger partial charge in [0.15, 0.2) is 5.76 Å². The van der Waals surface area contributed by atoms with Crippen molar-refractivity contribution in [2.24, 2.45) is 0 Å². The van der Waals surface area contributed by atoms with Crippen LogP contribution in [0.2, 0.25) is 0 Å². The molecule has 4 heteroatoms. The standard InChI is InChI=1S/C27H25NO3/c1-17(2)28-15-22-14-23-25(29)24(31-27(23)18(3)26(22)30-16-28)13-19-9-11-21(12-10-19)20-7-5-4-6-8-20/h4-14,17H,15-16H2,1-3H3/b24-13-. The molecule has 0 saturated carbocycles. The van der Waals surface area contributed by atoms with Crippen LogP contribution < -0.4 is 9.47 Å². The van der Waals surface area contributed by atoms with Gasteiger partial charge >= 0.3 is 0 Å². The summed E-state index contributed by atoms with van der Waals surface area (Å²) in [6, 6.07) is 20.7. The fourth-order valence-electron chi connectivity index (χ4n) is 4.15. The van der Waals surface area contributed by atoms with Gasteiger partial charge in [-0.15, -0.1) is 0 Å². The maximum absolute atomic E-state index is 13.1. The Labute approximate surface area is 182 Å². The van der Waals surface area contributed by atoms with Gasteiger partial charge in [-0.25, -0.2) is 0 Å². The van der Waals surface area contributed by atoms with Crippen molar-refractivity contribution in [2.75, 3.05) is 6.73 Å². The summed E-state index contributed by atoms with van der Waals surface area (Å²) in [5, 5.41) is 0. The lowest BCUT2D eigenvalue weighted by Crippen LogP contribution is -2.37. The number of hydrogen-bond donors (Lipinski definition) is 0. The molecule has 3 aromatic rings. The molecule has 0 atom stereocenters. The summed E-state index contributed by atoms with van der Waals surface area (Å²) in [7, 11) is 0. The van der Waals surface area contributed by atoms with Gasteiger partial charge in [0.2, 0.25) is 5.78 Å². The molecule has 0 amide bonds. The van der Waals surface area contributed by atoms with E-state index in [2.05, 4.69) is 43.0 Å². The smallest absolute Gasteiger partial charge is 0.231 e. The Hall–Kier alpha value is -3.37. The predicted molar refractivity (Wildman–Crippen MR) is 122 cm³/mol. The van der Waals surface area contributed by atoms with Crippen molar-refractivity contribution in [3.05, 3.63) is 88.7 Å². The maximum Gasteiger partial charge on any atom is 0.231 e. The third-order valence-electron chi connectivity index (χ3n) is 6.01. The Morgan fingerprint density at radius 1 is 0.968 bits per heavy atom. The summed E-state index contributed by atoms with van der Waals surface area (Å²) < 4.78 is 12.0. The number of nitrogens with zero attached hydrogens (tertiary/aromatic N) is 1. The first-order valence-electron chi connectivity index (χ1n) is 10.6. The molecule has 0 radical (unpaired) electrons. The number of allylic oxidation sites excluding steroid dienone is 1. The molecule has 2 aliphatic heterocycles. The van der Waals surface area contributed by atoms with E-state index < -0.39 is 0 Å². The predicted octanol–water partition coefficient (Wildman–Crippen LogP) is 5.84. The molecule has 0 fully saturated rings. The molecule has 4 nitrogen and oxygen atoms in total. The molecule has 0 saturated heterocycles. The fraction of sp³-hybridized carbons (Fsp3) is 0.222. The summed E-state index contributed by atoms with van der Waals surface area (Å²) in [6.07, 6.45) is 1.82. The fourth-order valence-corrected chi connectivity index (χ4v) is 4.15. The zero-order valence-corrected chi connectivity index (χ0v) is 18.0. The molecule has 0 bridgehead atoms. The molecule has 0 unspecified atom stereocenters. The van der Waals surface area contributed by atoms with Gasteiger partial charge in [-0.1, -0.05) is 54.6 Å². The van der Waals surface area contributed by atoms with Crippen LogP contribution in [0.4, 0.5) is 0 Å². The summed E-state index contributed by atoms with van der Waals surface area (Å²) in [5.74, 6) is 1.74. The molecule has 0 aliphatic carbocycles. The summed E-state index contributed by atoms with van der Waals surface area (Å²) >= 11 is 0. The van der Waals surface area contributed by atoms with Gasteiger partial charge in [0.25, 0.3) is 0 Å². The van der Waals surface area contributed by atoms with Gasteiger partial charge in [0, 0.05) is 23.7 Å². The van der Waals surface area contributed by atoms with E-state index in [0.717, 1.165) is 34.5 Å². The molecule has 2 heterocycles. The van der Waals surface area contributed by atoms with Crippen LogP contribution in [0.3, 0.4) is 0 Å². The number of carbonyl (C=O) groups is 1. The highest BCUT2D eigenvalue weighted by Crippen LogP contribution is 2.43. The van der Waals surface area contributed by atoms with Crippen molar-refractivity contribution in [3.8, 4) is 22.6 Å². The molecule has 31 heavy (non-hydrogen) atoms. The lowest BCUT2D eigenvalue weighted by molar-refractivity contribution is 0.0678. The largest absolute Gasteiger partial charge is 0.477 e. The van der Waals surface area contributed by atoms with Crippen LogP contribution in [-0.4, -0.2) is 23.5 Å². The van der Waals surface area contributed by atoms with Crippen LogP contribution >= 0.6 is 0 Å². The number of carbonyl (C=O) groups excluding carboxylic acids is 1. The van der Waals surface area contributed by atoms with Gasteiger partial charge in [-0.05, 0) is 49.6 Å². The second-order valence-electron chi connectivity index (χ2n) is 8.41. The van der Waals surface area contributed by atoms with Crippen LogP contribution in [0.1, 0.15) is 40.9 Å². The minimum absolute atomic E-state index is 0.0743. The minimum atomic E-state index is -0.0743. The van der Waals surface area contributed by atoms with Crippen molar-refractivity contribution in [1.82, 2.24) is 4.90 Å². The number of ether oxygens (including phenoxy) is 2. The number of fused-ring (bicyclic) bond motifs is 2. The molecule has 3 aromatic carbocycles. The molecule has 0 aromatic heterocycles. The molecule has 156 valence electrons. The lowest BCUT2D eigenvalue weighted by Gasteiger charge is -2.32. The van der Waals surface area contributed by atoms with E-state index in [-0.39, 0.29) is 5.78 Å². The first-order chi connectivity index (χ1) is 15.0. The van der Waals surface area contributed by atoms with Crippen LogP contribution in [0.5, 0.6) is 11.5 Å². The van der Waals surface area contributed by atoms with E-state index in [1.54, 1.807) is 0 Å². The Balaban J connectivity index is 1.44. The SMILES string of the molecule is Cc1c2c(cc3c1O/C(=C\c1ccc(-c4ccccc4)cc1)C3=O)CN(C(C)C)CO2. The molecule has 0 spiro atoms. The number of ketones is 1. The topological polar surface area (TPSA) is 38.8 Å². The molecular formula is C27H25NO3. The van der Waals surface area contributed by atoms with Crippen molar-refractivity contribution >= 4 is 11.9 Å². The Morgan fingerprint density at radius 2 is 1.68 bits per heavy atom. The van der Waals surface area contributed by atoms with Crippen molar-refractivity contribution < 1.29 is 14.3 Å². The van der Waals surface area contributed by atoms with E-state index in [9.17, 15) is 4.79 Å². The number of rotatable bonds is 3. The third-order valence-corrected chi connectivity index (χ3v) is 6.01. The molecule has 0 N–H and O–H groups in total. The van der Waals surface area contributed by atoms with E-state index in [1.165, 1.54) is 5.56 Å². The normalized spacial score (nSPS) is 16.8. The lowest BCUT2D eigenvalue weighted by atomic mass is 9.99. The Kier molecular flexibility index (Phi) is 4.87. The van der Waals surface area contributed by atoms with Gasteiger partial charge in [-0.2, -0.15) is 0 Å². The quantitative estimate of drug-likeness (QED) is 0.508. The third kappa shape index (κ3) is 3.53. The summed E-state index contributed by atoms with van der Waals surface area (Å²) in [5.41, 5.74) is 5.80. The molecule has 2 aliphatic rings. The second kappa shape index (κ2) is 7.71. The van der Waals surface area contributed by atoms with Gasteiger partial charge in [0.05, 0.1) is 5.56 Å². The molecular weight excluding hydrogens is 386 g/mol. The number of benzene rings is 3. The monoisotopic (exact) mass is 411 g/mol. The summed E-state index contributed by atoms with van der Waals surface area (Å²) in [4.78, 5) is 15.3.